The molecule has 0 heterocycles. The predicted molar refractivity (Wildman–Crippen MR) is 41.9 cm³/mol. The second-order valence-electron chi connectivity index (χ2n) is 3.34. The molecule has 0 saturated carbocycles. The van der Waals surface area contributed by atoms with Crippen LogP contribution in [0.1, 0.15) is 40.5 Å². The third kappa shape index (κ3) is 2.27. The van der Waals surface area contributed by atoms with E-state index in [0.717, 1.165) is 12.8 Å². The molecule has 0 aliphatic carbocycles. The van der Waals surface area contributed by atoms with Crippen molar-refractivity contribution in [1.82, 2.24) is 0 Å². The van der Waals surface area contributed by atoms with Crippen LogP contribution in [0.2, 0.25) is 0 Å². The summed E-state index contributed by atoms with van der Waals surface area (Å²) in [5, 5.41) is 8.49. The molecule has 1 N–H and O–H groups in total. The molecule has 0 fully saturated rings. The van der Waals surface area contributed by atoms with E-state index in [1.807, 2.05) is 6.92 Å². The van der Waals surface area contributed by atoms with Crippen molar-refractivity contribution in [2.75, 3.05) is 0 Å². The molecule has 0 radical (unpaired) electrons. The van der Waals surface area contributed by atoms with Gasteiger partial charge in [0.25, 0.3) is 0 Å². The lowest BCUT2D eigenvalue weighted by Crippen LogP contribution is -2.29. The standard InChI is InChI=1S/C8H18O2/c1-5-7(10-9)8(3,4)6-2/h7,9H,5-6H2,1-4H3. The molecule has 0 aliphatic rings. The Hall–Kier alpha value is -0.0800. The normalized spacial score (nSPS) is 15.3. The molecule has 0 rings (SSSR count). The molecule has 2 nitrogen and oxygen atoms in total. The maximum atomic E-state index is 8.49. The van der Waals surface area contributed by atoms with Crippen molar-refractivity contribution in [2.24, 2.45) is 5.41 Å². The zero-order chi connectivity index (χ0) is 8.20. The Morgan fingerprint density at radius 1 is 1.40 bits per heavy atom. The van der Waals surface area contributed by atoms with Crippen LogP contribution in [-0.4, -0.2) is 11.4 Å². The molecular formula is C8H18O2. The molecule has 0 aromatic carbocycles. The first-order chi connectivity index (χ1) is 4.58. The van der Waals surface area contributed by atoms with Gasteiger partial charge < -0.3 is 0 Å². The van der Waals surface area contributed by atoms with E-state index in [1.54, 1.807) is 0 Å². The first kappa shape index (κ1) is 9.92. The Morgan fingerprint density at radius 3 is 2.00 bits per heavy atom. The van der Waals surface area contributed by atoms with Crippen molar-refractivity contribution >= 4 is 0 Å². The molecular weight excluding hydrogens is 128 g/mol. The summed E-state index contributed by atoms with van der Waals surface area (Å²) < 4.78 is 0. The van der Waals surface area contributed by atoms with Crippen LogP contribution < -0.4 is 0 Å². The van der Waals surface area contributed by atoms with Gasteiger partial charge in [-0.05, 0) is 18.3 Å². The van der Waals surface area contributed by atoms with E-state index in [1.165, 1.54) is 0 Å². The quantitative estimate of drug-likeness (QED) is 0.488. The van der Waals surface area contributed by atoms with Crippen molar-refractivity contribution in [1.29, 1.82) is 0 Å². The Bertz CT molecular complexity index is 85.3. The molecule has 0 saturated heterocycles. The fourth-order valence-corrected chi connectivity index (χ4v) is 0.997. The highest BCUT2D eigenvalue weighted by molar-refractivity contribution is 4.75. The van der Waals surface area contributed by atoms with Gasteiger partial charge in [-0.15, -0.1) is 0 Å². The van der Waals surface area contributed by atoms with Crippen molar-refractivity contribution in [3.63, 3.8) is 0 Å². The Balaban J connectivity index is 3.97. The molecule has 0 spiro atoms. The summed E-state index contributed by atoms with van der Waals surface area (Å²) in [6.07, 6.45) is 1.85. The van der Waals surface area contributed by atoms with E-state index >= 15 is 0 Å². The Kier molecular flexibility index (Phi) is 3.91. The molecule has 62 valence electrons. The molecule has 1 unspecified atom stereocenters. The summed E-state index contributed by atoms with van der Waals surface area (Å²) in [6, 6.07) is 0. The summed E-state index contributed by atoms with van der Waals surface area (Å²) in [4.78, 5) is 4.36. The third-order valence-electron chi connectivity index (χ3n) is 2.28. The lowest BCUT2D eigenvalue weighted by atomic mass is 9.83. The van der Waals surface area contributed by atoms with Crippen molar-refractivity contribution in [2.45, 2.75) is 46.6 Å². The van der Waals surface area contributed by atoms with Gasteiger partial charge in [0.2, 0.25) is 0 Å². The highest BCUT2D eigenvalue weighted by atomic mass is 17.1. The monoisotopic (exact) mass is 146 g/mol. The lowest BCUT2D eigenvalue weighted by molar-refractivity contribution is -0.301. The van der Waals surface area contributed by atoms with Gasteiger partial charge in [0.05, 0.1) is 6.10 Å². The van der Waals surface area contributed by atoms with Crippen LogP contribution in [0, 0.1) is 5.41 Å². The lowest BCUT2D eigenvalue weighted by Gasteiger charge is -2.29. The first-order valence-electron chi connectivity index (χ1n) is 3.88. The van der Waals surface area contributed by atoms with Crippen LogP contribution in [0.25, 0.3) is 0 Å². The second kappa shape index (κ2) is 3.94. The zero-order valence-corrected chi connectivity index (χ0v) is 7.35. The minimum Gasteiger partial charge on any atom is -0.252 e. The maximum Gasteiger partial charge on any atom is 0.0975 e. The fourth-order valence-electron chi connectivity index (χ4n) is 0.997. The van der Waals surface area contributed by atoms with Crippen LogP contribution in [0.4, 0.5) is 0 Å². The molecule has 10 heavy (non-hydrogen) atoms. The molecule has 2 heteroatoms. The second-order valence-corrected chi connectivity index (χ2v) is 3.34. The number of rotatable bonds is 4. The molecule has 0 amide bonds. The topological polar surface area (TPSA) is 29.5 Å². The van der Waals surface area contributed by atoms with E-state index < -0.39 is 0 Å². The predicted octanol–water partition coefficient (Wildman–Crippen LogP) is 2.69. The average molecular weight is 146 g/mol. The number of hydrogen-bond acceptors (Lipinski definition) is 2. The molecule has 0 aliphatic heterocycles. The maximum absolute atomic E-state index is 8.49. The summed E-state index contributed by atoms with van der Waals surface area (Å²) in [6.45, 7) is 8.30. The average Bonchev–Trinajstić information content (AvgIpc) is 1.90. The van der Waals surface area contributed by atoms with Crippen LogP contribution in [0.3, 0.4) is 0 Å². The van der Waals surface area contributed by atoms with Crippen LogP contribution in [0.5, 0.6) is 0 Å². The largest absolute Gasteiger partial charge is 0.252 e. The fraction of sp³-hybridized carbons (Fsp3) is 1.00. The van der Waals surface area contributed by atoms with Gasteiger partial charge in [0.15, 0.2) is 0 Å². The van der Waals surface area contributed by atoms with Gasteiger partial charge >= 0.3 is 0 Å². The molecule has 1 atom stereocenters. The zero-order valence-electron chi connectivity index (χ0n) is 7.35. The Labute approximate surface area is 63.1 Å². The van der Waals surface area contributed by atoms with Crippen LogP contribution in [-0.2, 0) is 4.89 Å². The van der Waals surface area contributed by atoms with Gasteiger partial charge in [-0.2, -0.15) is 0 Å². The number of hydrogen-bond donors (Lipinski definition) is 1. The molecule has 0 aromatic heterocycles. The third-order valence-corrected chi connectivity index (χ3v) is 2.28. The van der Waals surface area contributed by atoms with Gasteiger partial charge in [0, 0.05) is 0 Å². The van der Waals surface area contributed by atoms with E-state index in [0.29, 0.717) is 0 Å². The summed E-state index contributed by atoms with van der Waals surface area (Å²) >= 11 is 0. The SMILES string of the molecule is CCC(OO)C(C)(C)CC. The highest BCUT2D eigenvalue weighted by Gasteiger charge is 2.26. The Morgan fingerprint density at radius 2 is 1.90 bits per heavy atom. The van der Waals surface area contributed by atoms with Gasteiger partial charge in [-0.3, -0.25) is 5.26 Å². The van der Waals surface area contributed by atoms with E-state index in [9.17, 15) is 0 Å². The van der Waals surface area contributed by atoms with Crippen molar-refractivity contribution < 1.29 is 10.1 Å². The van der Waals surface area contributed by atoms with Gasteiger partial charge in [0.1, 0.15) is 0 Å². The van der Waals surface area contributed by atoms with E-state index in [2.05, 4.69) is 25.7 Å². The minimum absolute atomic E-state index is 0.0301. The first-order valence-corrected chi connectivity index (χ1v) is 3.88. The van der Waals surface area contributed by atoms with Crippen LogP contribution >= 0.6 is 0 Å². The van der Waals surface area contributed by atoms with E-state index in [-0.39, 0.29) is 11.5 Å². The minimum atomic E-state index is -0.0301. The van der Waals surface area contributed by atoms with Crippen molar-refractivity contribution in [3.8, 4) is 0 Å². The van der Waals surface area contributed by atoms with Crippen molar-refractivity contribution in [3.05, 3.63) is 0 Å². The van der Waals surface area contributed by atoms with Gasteiger partial charge in [-0.1, -0.05) is 27.7 Å². The molecule has 0 aromatic rings. The van der Waals surface area contributed by atoms with E-state index in [4.69, 9.17) is 5.26 Å². The summed E-state index contributed by atoms with van der Waals surface area (Å²) in [5.41, 5.74) is 0.0868. The summed E-state index contributed by atoms with van der Waals surface area (Å²) in [7, 11) is 0. The van der Waals surface area contributed by atoms with Gasteiger partial charge in [-0.25, -0.2) is 4.89 Å². The highest BCUT2D eigenvalue weighted by Crippen LogP contribution is 2.28. The smallest absolute Gasteiger partial charge is 0.0975 e. The molecule has 0 bridgehead atoms. The summed E-state index contributed by atoms with van der Waals surface area (Å²) in [5.74, 6) is 0. The van der Waals surface area contributed by atoms with Crippen LogP contribution in [0.15, 0.2) is 0 Å².